The Bertz CT molecular complexity index is 583. The number of halogens is 1. The van der Waals surface area contributed by atoms with Crippen molar-refractivity contribution in [2.45, 2.75) is 65.2 Å². The molecule has 124 valence electrons. The van der Waals surface area contributed by atoms with E-state index in [1.807, 2.05) is 12.1 Å². The molecule has 2 rings (SSSR count). The molecular weight excluding hydrogens is 283 g/mol. The third-order valence-electron chi connectivity index (χ3n) is 4.43. The molecule has 0 aliphatic rings. The molecule has 0 aliphatic carbocycles. The second-order valence-electron chi connectivity index (χ2n) is 6.39. The lowest BCUT2D eigenvalue weighted by atomic mass is 9.95. The van der Waals surface area contributed by atoms with Gasteiger partial charge in [0.1, 0.15) is 5.82 Å². The minimum absolute atomic E-state index is 0.108. The lowest BCUT2D eigenvalue weighted by Gasteiger charge is -2.11. The van der Waals surface area contributed by atoms with E-state index >= 15 is 0 Å². The molecule has 0 unspecified atom stereocenters. The summed E-state index contributed by atoms with van der Waals surface area (Å²) in [5.74, 6) is -0.108. The highest BCUT2D eigenvalue weighted by Crippen LogP contribution is 2.28. The maximum absolute atomic E-state index is 14.3. The van der Waals surface area contributed by atoms with Crippen molar-refractivity contribution in [3.8, 4) is 11.1 Å². The molecule has 0 N–H and O–H groups in total. The van der Waals surface area contributed by atoms with Crippen molar-refractivity contribution in [1.29, 1.82) is 0 Å². The normalized spacial score (nSPS) is 10.9. The predicted molar refractivity (Wildman–Crippen MR) is 98.3 cm³/mol. The van der Waals surface area contributed by atoms with Crippen LogP contribution in [-0.4, -0.2) is 0 Å². The van der Waals surface area contributed by atoms with Crippen molar-refractivity contribution in [2.24, 2.45) is 0 Å². The number of unbranched alkanes of at least 4 members (excludes halogenated alkanes) is 4. The van der Waals surface area contributed by atoms with Crippen molar-refractivity contribution in [2.75, 3.05) is 0 Å². The van der Waals surface area contributed by atoms with E-state index in [1.54, 1.807) is 6.07 Å². The van der Waals surface area contributed by atoms with Gasteiger partial charge in [0.15, 0.2) is 0 Å². The van der Waals surface area contributed by atoms with Crippen LogP contribution in [0.3, 0.4) is 0 Å². The maximum Gasteiger partial charge on any atom is 0.131 e. The number of hydrogen-bond donors (Lipinski definition) is 0. The zero-order valence-corrected chi connectivity index (χ0v) is 14.6. The Balaban J connectivity index is 2.05. The molecule has 2 aromatic rings. The van der Waals surface area contributed by atoms with E-state index in [4.69, 9.17) is 0 Å². The third-order valence-corrected chi connectivity index (χ3v) is 4.43. The van der Waals surface area contributed by atoms with Crippen molar-refractivity contribution in [3.05, 3.63) is 59.4 Å². The fourth-order valence-corrected chi connectivity index (χ4v) is 3.14. The van der Waals surface area contributed by atoms with Gasteiger partial charge in [0.05, 0.1) is 0 Å². The topological polar surface area (TPSA) is 0 Å². The molecule has 1 heteroatoms. The summed E-state index contributed by atoms with van der Waals surface area (Å²) >= 11 is 0. The van der Waals surface area contributed by atoms with E-state index in [9.17, 15) is 4.39 Å². The highest BCUT2D eigenvalue weighted by molar-refractivity contribution is 5.68. The van der Waals surface area contributed by atoms with Crippen molar-refractivity contribution >= 4 is 0 Å². The van der Waals surface area contributed by atoms with E-state index in [-0.39, 0.29) is 5.82 Å². The number of benzene rings is 2. The average molecular weight is 312 g/mol. The first-order valence-electron chi connectivity index (χ1n) is 9.13. The smallest absolute Gasteiger partial charge is 0.131 e. The minimum Gasteiger partial charge on any atom is -0.206 e. The molecule has 0 radical (unpaired) electrons. The van der Waals surface area contributed by atoms with Crippen molar-refractivity contribution in [1.82, 2.24) is 0 Å². The van der Waals surface area contributed by atoms with Crippen LogP contribution in [0.15, 0.2) is 42.5 Å². The zero-order valence-electron chi connectivity index (χ0n) is 14.6. The van der Waals surface area contributed by atoms with Gasteiger partial charge in [-0.15, -0.1) is 0 Å². The van der Waals surface area contributed by atoms with E-state index in [0.29, 0.717) is 0 Å². The Morgan fingerprint density at radius 2 is 1.48 bits per heavy atom. The van der Waals surface area contributed by atoms with Crippen LogP contribution in [0.5, 0.6) is 0 Å². The van der Waals surface area contributed by atoms with E-state index < -0.39 is 0 Å². The van der Waals surface area contributed by atoms with Crippen LogP contribution in [-0.2, 0) is 12.8 Å². The van der Waals surface area contributed by atoms with E-state index in [0.717, 1.165) is 36.0 Å². The number of hydrogen-bond acceptors (Lipinski definition) is 0. The summed E-state index contributed by atoms with van der Waals surface area (Å²) in [6.45, 7) is 4.38. The first-order chi connectivity index (χ1) is 11.3. The number of aryl methyl sites for hydroxylation is 2. The van der Waals surface area contributed by atoms with Crippen LogP contribution in [0.2, 0.25) is 0 Å². The molecular formula is C22H29F. The average Bonchev–Trinajstić information content (AvgIpc) is 2.56. The predicted octanol–water partition coefficient (Wildman–Crippen LogP) is 6.96. The molecule has 0 atom stereocenters. The summed E-state index contributed by atoms with van der Waals surface area (Å²) in [4.78, 5) is 0. The van der Waals surface area contributed by atoms with Gasteiger partial charge in [0.2, 0.25) is 0 Å². The van der Waals surface area contributed by atoms with Crippen molar-refractivity contribution in [3.63, 3.8) is 0 Å². The summed E-state index contributed by atoms with van der Waals surface area (Å²) in [6, 6.07) is 13.9. The molecule has 0 fully saturated rings. The van der Waals surface area contributed by atoms with Gasteiger partial charge in [-0.1, -0.05) is 82.3 Å². The molecule has 0 amide bonds. The van der Waals surface area contributed by atoms with Crippen LogP contribution in [0, 0.1) is 5.82 Å². The number of rotatable bonds is 9. The van der Waals surface area contributed by atoms with Gasteiger partial charge < -0.3 is 0 Å². The molecule has 0 saturated carbocycles. The Morgan fingerprint density at radius 3 is 2.17 bits per heavy atom. The summed E-state index contributed by atoms with van der Waals surface area (Å²) < 4.78 is 14.3. The molecule has 0 spiro atoms. The van der Waals surface area contributed by atoms with Gasteiger partial charge in [-0.05, 0) is 42.0 Å². The highest BCUT2D eigenvalue weighted by atomic mass is 19.1. The quantitative estimate of drug-likeness (QED) is 0.439. The molecule has 0 nitrogen and oxygen atoms in total. The molecule has 23 heavy (non-hydrogen) atoms. The van der Waals surface area contributed by atoms with E-state index in [1.165, 1.54) is 37.7 Å². The summed E-state index contributed by atoms with van der Waals surface area (Å²) in [5.41, 5.74) is 4.25. The Labute approximate surface area is 140 Å². The first kappa shape index (κ1) is 17.7. The largest absolute Gasteiger partial charge is 0.206 e. The molecule has 0 saturated heterocycles. The lowest BCUT2D eigenvalue weighted by molar-refractivity contribution is 0.628. The Kier molecular flexibility index (Phi) is 7.32. The summed E-state index contributed by atoms with van der Waals surface area (Å²) in [6.07, 6.45) is 9.61. The van der Waals surface area contributed by atoms with Crippen LogP contribution < -0.4 is 0 Å². The van der Waals surface area contributed by atoms with Gasteiger partial charge in [-0.25, -0.2) is 4.39 Å². The minimum atomic E-state index is -0.108. The highest BCUT2D eigenvalue weighted by Gasteiger charge is 2.10. The molecule has 0 heterocycles. The monoisotopic (exact) mass is 312 g/mol. The van der Waals surface area contributed by atoms with Crippen molar-refractivity contribution < 1.29 is 4.39 Å². The summed E-state index contributed by atoms with van der Waals surface area (Å²) in [7, 11) is 0. The molecule has 0 bridgehead atoms. The van der Waals surface area contributed by atoms with E-state index in [2.05, 4.69) is 38.1 Å². The SMILES string of the molecule is CCCCCCCc1ccc(-c2c(F)cccc2CCC)cc1. The molecule has 0 aliphatic heterocycles. The fourth-order valence-electron chi connectivity index (χ4n) is 3.14. The fraction of sp³-hybridized carbons (Fsp3) is 0.455. The molecule has 0 aromatic heterocycles. The van der Waals surface area contributed by atoms with Gasteiger partial charge in [0, 0.05) is 5.56 Å². The third kappa shape index (κ3) is 5.20. The Morgan fingerprint density at radius 1 is 0.739 bits per heavy atom. The van der Waals surface area contributed by atoms with Gasteiger partial charge in [0.25, 0.3) is 0 Å². The first-order valence-corrected chi connectivity index (χ1v) is 9.13. The second-order valence-corrected chi connectivity index (χ2v) is 6.39. The van der Waals surface area contributed by atoms with Crippen LogP contribution >= 0.6 is 0 Å². The lowest BCUT2D eigenvalue weighted by Crippen LogP contribution is -1.94. The zero-order chi connectivity index (χ0) is 16.5. The van der Waals surface area contributed by atoms with Crippen LogP contribution in [0.1, 0.15) is 63.5 Å². The van der Waals surface area contributed by atoms with Crippen LogP contribution in [0.25, 0.3) is 11.1 Å². The van der Waals surface area contributed by atoms with Gasteiger partial charge >= 0.3 is 0 Å². The summed E-state index contributed by atoms with van der Waals surface area (Å²) in [5, 5.41) is 0. The second kappa shape index (κ2) is 9.50. The Hall–Kier alpha value is -1.63. The molecule has 2 aromatic carbocycles. The van der Waals surface area contributed by atoms with Gasteiger partial charge in [-0.2, -0.15) is 0 Å². The van der Waals surface area contributed by atoms with Gasteiger partial charge in [-0.3, -0.25) is 0 Å². The maximum atomic E-state index is 14.3. The standard InChI is InChI=1S/C22H29F/c1-3-5-6-7-8-11-18-14-16-20(17-15-18)22-19(10-4-2)12-9-13-21(22)23/h9,12-17H,3-8,10-11H2,1-2H3. The van der Waals surface area contributed by atoms with Crippen LogP contribution in [0.4, 0.5) is 4.39 Å².